The minimum absolute atomic E-state index is 0.245. The number of aromatic nitrogens is 2. The van der Waals surface area contributed by atoms with Gasteiger partial charge in [-0.2, -0.15) is 0 Å². The number of hydrogen-bond acceptors (Lipinski definition) is 4. The largest absolute Gasteiger partial charge is 0.480 e. The molecule has 0 saturated heterocycles. The molecule has 0 atom stereocenters. The number of carbonyl (C=O) groups excluding carboxylic acids is 1. The lowest BCUT2D eigenvalue weighted by Gasteiger charge is -2.12. The van der Waals surface area contributed by atoms with Crippen molar-refractivity contribution >= 4 is 33.3 Å². The zero-order chi connectivity index (χ0) is 18.1. The van der Waals surface area contributed by atoms with Crippen LogP contribution in [0.15, 0.2) is 60.9 Å². The molecule has 0 saturated carbocycles. The number of aryl methyl sites for hydroxylation is 1. The monoisotopic (exact) mass is 343 g/mol. The lowest BCUT2D eigenvalue weighted by molar-refractivity contribution is 0.102. The van der Waals surface area contributed by atoms with Crippen LogP contribution in [0.4, 0.5) is 5.69 Å². The van der Waals surface area contributed by atoms with E-state index in [2.05, 4.69) is 15.3 Å². The molecule has 0 fully saturated rings. The molecule has 0 aliphatic carbocycles. The topological polar surface area (TPSA) is 64.1 Å². The van der Waals surface area contributed by atoms with Crippen LogP contribution >= 0.6 is 0 Å². The molecule has 2 aromatic heterocycles. The van der Waals surface area contributed by atoms with Crippen molar-refractivity contribution in [1.29, 1.82) is 0 Å². The third-order valence-corrected chi connectivity index (χ3v) is 4.29. The zero-order valence-electron chi connectivity index (χ0n) is 14.5. The summed E-state index contributed by atoms with van der Waals surface area (Å²) in [6.45, 7) is 1.91. The summed E-state index contributed by atoms with van der Waals surface area (Å²) in [7, 11) is 1.53. The number of benzene rings is 2. The van der Waals surface area contributed by atoms with E-state index in [1.54, 1.807) is 12.4 Å². The van der Waals surface area contributed by atoms with Gasteiger partial charge in [0.2, 0.25) is 5.88 Å². The van der Waals surface area contributed by atoms with Gasteiger partial charge in [0.25, 0.3) is 5.91 Å². The molecular formula is C21H17N3O2. The van der Waals surface area contributed by atoms with E-state index in [-0.39, 0.29) is 5.91 Å². The van der Waals surface area contributed by atoms with Crippen molar-refractivity contribution in [3.05, 3.63) is 72.1 Å². The first-order chi connectivity index (χ1) is 12.7. The Balaban J connectivity index is 1.85. The van der Waals surface area contributed by atoms with Gasteiger partial charge in [0.15, 0.2) is 0 Å². The number of ether oxygens (including phenoxy) is 1. The van der Waals surface area contributed by atoms with Gasteiger partial charge in [-0.15, -0.1) is 0 Å². The summed E-state index contributed by atoms with van der Waals surface area (Å²) in [6, 6.07) is 15.5. The van der Waals surface area contributed by atoms with Crippen LogP contribution in [-0.2, 0) is 0 Å². The fourth-order valence-corrected chi connectivity index (χ4v) is 3.10. The van der Waals surface area contributed by atoms with Crippen molar-refractivity contribution < 1.29 is 9.53 Å². The van der Waals surface area contributed by atoms with Gasteiger partial charge < -0.3 is 10.1 Å². The molecular weight excluding hydrogens is 326 g/mol. The number of nitrogens with zero attached hydrogens (tertiary/aromatic N) is 2. The summed E-state index contributed by atoms with van der Waals surface area (Å²) in [5.41, 5.74) is 2.66. The highest BCUT2D eigenvalue weighted by atomic mass is 16.5. The first-order valence-electron chi connectivity index (χ1n) is 8.26. The lowest BCUT2D eigenvalue weighted by atomic mass is 10.0. The van der Waals surface area contributed by atoms with E-state index in [0.29, 0.717) is 22.6 Å². The molecule has 0 bridgehead atoms. The molecule has 4 rings (SSSR count). The fourth-order valence-electron chi connectivity index (χ4n) is 3.10. The maximum atomic E-state index is 13.0. The van der Waals surface area contributed by atoms with Crippen LogP contribution in [-0.4, -0.2) is 23.0 Å². The summed E-state index contributed by atoms with van der Waals surface area (Å²) in [4.78, 5) is 21.7. The second kappa shape index (κ2) is 6.44. The van der Waals surface area contributed by atoms with Crippen LogP contribution in [0.25, 0.3) is 21.7 Å². The Hall–Kier alpha value is -3.47. The molecule has 26 heavy (non-hydrogen) atoms. The van der Waals surface area contributed by atoms with Crippen LogP contribution in [0.5, 0.6) is 5.88 Å². The van der Waals surface area contributed by atoms with Crippen molar-refractivity contribution in [3.63, 3.8) is 0 Å². The second-order valence-corrected chi connectivity index (χ2v) is 6.07. The van der Waals surface area contributed by atoms with Crippen molar-refractivity contribution in [2.24, 2.45) is 0 Å². The SMILES string of the molecule is COc1ncc(C)cc1NC(=O)c1cc2ccccc2c2cccnc12. The third-order valence-electron chi connectivity index (χ3n) is 4.29. The minimum atomic E-state index is -0.245. The van der Waals surface area contributed by atoms with Gasteiger partial charge in [-0.3, -0.25) is 9.78 Å². The predicted molar refractivity (Wildman–Crippen MR) is 103 cm³/mol. The van der Waals surface area contributed by atoms with Crippen LogP contribution < -0.4 is 10.1 Å². The van der Waals surface area contributed by atoms with Crippen molar-refractivity contribution in [2.75, 3.05) is 12.4 Å². The summed E-state index contributed by atoms with van der Waals surface area (Å²) >= 11 is 0. The number of fused-ring (bicyclic) bond motifs is 3. The fraction of sp³-hybridized carbons (Fsp3) is 0.0952. The molecule has 0 aliphatic heterocycles. The van der Waals surface area contributed by atoms with E-state index < -0.39 is 0 Å². The van der Waals surface area contributed by atoms with Gasteiger partial charge in [0.05, 0.1) is 18.2 Å². The highest BCUT2D eigenvalue weighted by Gasteiger charge is 2.16. The quantitative estimate of drug-likeness (QED) is 0.562. The van der Waals surface area contributed by atoms with Gasteiger partial charge in [0, 0.05) is 17.8 Å². The molecule has 1 N–H and O–H groups in total. The molecule has 0 aliphatic rings. The molecule has 5 heteroatoms. The van der Waals surface area contributed by atoms with Crippen molar-refractivity contribution in [1.82, 2.24) is 9.97 Å². The van der Waals surface area contributed by atoms with E-state index in [9.17, 15) is 4.79 Å². The molecule has 4 aromatic rings. The van der Waals surface area contributed by atoms with Crippen LogP contribution in [0.1, 0.15) is 15.9 Å². The van der Waals surface area contributed by atoms with Crippen molar-refractivity contribution in [3.8, 4) is 5.88 Å². The van der Waals surface area contributed by atoms with E-state index in [0.717, 1.165) is 21.7 Å². The van der Waals surface area contributed by atoms with Gasteiger partial charge >= 0.3 is 0 Å². The smallest absolute Gasteiger partial charge is 0.258 e. The van der Waals surface area contributed by atoms with Crippen LogP contribution in [0.3, 0.4) is 0 Å². The van der Waals surface area contributed by atoms with E-state index in [1.165, 1.54) is 7.11 Å². The maximum Gasteiger partial charge on any atom is 0.258 e. The van der Waals surface area contributed by atoms with Gasteiger partial charge in [-0.1, -0.05) is 30.3 Å². The maximum absolute atomic E-state index is 13.0. The average molecular weight is 343 g/mol. The number of hydrogen-bond donors (Lipinski definition) is 1. The Morgan fingerprint density at radius 2 is 1.85 bits per heavy atom. The van der Waals surface area contributed by atoms with E-state index in [1.807, 2.05) is 55.5 Å². The predicted octanol–water partition coefficient (Wildman–Crippen LogP) is 4.35. The normalized spacial score (nSPS) is 10.8. The second-order valence-electron chi connectivity index (χ2n) is 6.07. The Morgan fingerprint density at radius 3 is 2.69 bits per heavy atom. The van der Waals surface area contributed by atoms with Gasteiger partial charge in [-0.05, 0) is 41.5 Å². The molecule has 2 heterocycles. The Labute approximate surface area is 150 Å². The molecule has 0 radical (unpaired) electrons. The lowest BCUT2D eigenvalue weighted by Crippen LogP contribution is -2.14. The summed E-state index contributed by atoms with van der Waals surface area (Å²) in [5.74, 6) is 0.132. The van der Waals surface area contributed by atoms with E-state index >= 15 is 0 Å². The summed E-state index contributed by atoms with van der Waals surface area (Å²) in [6.07, 6.45) is 3.39. The Morgan fingerprint density at radius 1 is 1.04 bits per heavy atom. The van der Waals surface area contributed by atoms with Crippen molar-refractivity contribution in [2.45, 2.75) is 6.92 Å². The number of carbonyl (C=O) groups is 1. The number of anilines is 1. The highest BCUT2D eigenvalue weighted by Crippen LogP contribution is 2.29. The molecule has 5 nitrogen and oxygen atoms in total. The van der Waals surface area contributed by atoms with Gasteiger partial charge in [-0.25, -0.2) is 4.98 Å². The summed E-state index contributed by atoms with van der Waals surface area (Å²) in [5, 5.41) is 5.92. The number of nitrogens with one attached hydrogen (secondary N) is 1. The average Bonchev–Trinajstić information content (AvgIpc) is 2.67. The van der Waals surface area contributed by atoms with Crippen LogP contribution in [0.2, 0.25) is 0 Å². The molecule has 1 amide bonds. The molecule has 0 spiro atoms. The zero-order valence-corrected chi connectivity index (χ0v) is 14.5. The Bertz CT molecular complexity index is 1140. The number of methoxy groups -OCH3 is 1. The highest BCUT2D eigenvalue weighted by molar-refractivity contribution is 6.18. The standard InChI is InChI=1S/C21H17N3O2/c1-13-10-18(21(26-2)23-12-13)24-20(25)17-11-14-6-3-4-7-15(14)16-8-5-9-22-19(16)17/h3-12H,1-2H3,(H,24,25). The molecule has 128 valence electrons. The number of amides is 1. The first-order valence-corrected chi connectivity index (χ1v) is 8.26. The summed E-state index contributed by atoms with van der Waals surface area (Å²) < 4.78 is 5.25. The molecule has 0 unspecified atom stereocenters. The number of rotatable bonds is 3. The minimum Gasteiger partial charge on any atom is -0.480 e. The third kappa shape index (κ3) is 2.73. The Kier molecular flexibility index (Phi) is 3.97. The van der Waals surface area contributed by atoms with Gasteiger partial charge in [0.1, 0.15) is 5.69 Å². The first kappa shape index (κ1) is 16.0. The molecule has 2 aromatic carbocycles. The van der Waals surface area contributed by atoms with Crippen LogP contribution in [0, 0.1) is 6.92 Å². The van der Waals surface area contributed by atoms with E-state index in [4.69, 9.17) is 4.74 Å². The number of pyridine rings is 2.